The molecule has 0 saturated carbocycles. The molecule has 0 aliphatic heterocycles. The van der Waals surface area contributed by atoms with Crippen LogP contribution in [0.1, 0.15) is 18.5 Å². The summed E-state index contributed by atoms with van der Waals surface area (Å²) in [5.41, 5.74) is 7.65. The summed E-state index contributed by atoms with van der Waals surface area (Å²) in [5.74, 6) is 0. The number of benzene rings is 1. The molecule has 1 unspecified atom stereocenters. The van der Waals surface area contributed by atoms with Crippen molar-refractivity contribution in [3.8, 4) is 11.3 Å². The molecule has 100 valence electrons. The van der Waals surface area contributed by atoms with E-state index in [1.807, 2.05) is 6.07 Å². The van der Waals surface area contributed by atoms with E-state index in [2.05, 4.69) is 0 Å². The van der Waals surface area contributed by atoms with Gasteiger partial charge in [-0.2, -0.15) is 0 Å². The van der Waals surface area contributed by atoms with Gasteiger partial charge in [-0.25, -0.2) is 0 Å². The molecule has 1 atom stereocenters. The summed E-state index contributed by atoms with van der Waals surface area (Å²) in [5, 5.41) is 1.12. The molecule has 19 heavy (non-hydrogen) atoms. The average Bonchev–Trinajstić information content (AvgIpc) is 2.35. The third-order valence-electron chi connectivity index (χ3n) is 3.03. The monoisotopic (exact) mass is 296 g/mol. The zero-order chi connectivity index (χ0) is 14.2. The van der Waals surface area contributed by atoms with Crippen LogP contribution < -0.4 is 11.3 Å². The SMILES string of the molecule is CC(N)c1ccc(-c2cc(Cl)ccc2Cl)n(C)c1=O. The minimum Gasteiger partial charge on any atom is -0.324 e. The molecule has 0 spiro atoms. The molecule has 2 aromatic rings. The van der Waals surface area contributed by atoms with Crippen LogP contribution in [-0.2, 0) is 7.05 Å². The van der Waals surface area contributed by atoms with Gasteiger partial charge in [-0.3, -0.25) is 4.79 Å². The second kappa shape index (κ2) is 5.37. The molecule has 3 nitrogen and oxygen atoms in total. The van der Waals surface area contributed by atoms with Crippen molar-refractivity contribution in [2.24, 2.45) is 12.8 Å². The van der Waals surface area contributed by atoms with Crippen LogP contribution in [0.25, 0.3) is 11.3 Å². The summed E-state index contributed by atoms with van der Waals surface area (Å²) in [7, 11) is 1.70. The minimum absolute atomic E-state index is 0.122. The Labute approximate surface area is 121 Å². The number of nitrogens with zero attached hydrogens (tertiary/aromatic N) is 1. The van der Waals surface area contributed by atoms with Crippen LogP contribution in [0.2, 0.25) is 10.0 Å². The highest BCUT2D eigenvalue weighted by molar-refractivity contribution is 6.35. The number of aromatic nitrogens is 1. The van der Waals surface area contributed by atoms with Crippen LogP contribution >= 0.6 is 23.2 Å². The number of rotatable bonds is 2. The maximum absolute atomic E-state index is 12.2. The average molecular weight is 297 g/mol. The molecule has 0 bridgehead atoms. The van der Waals surface area contributed by atoms with E-state index in [1.54, 1.807) is 38.2 Å². The van der Waals surface area contributed by atoms with E-state index >= 15 is 0 Å². The van der Waals surface area contributed by atoms with E-state index < -0.39 is 0 Å². The second-order valence-electron chi connectivity index (χ2n) is 4.45. The van der Waals surface area contributed by atoms with Crippen molar-refractivity contribution in [1.29, 1.82) is 0 Å². The standard InChI is InChI=1S/C14H14Cl2N2O/c1-8(17)10-4-6-13(18(2)14(10)19)11-7-9(15)3-5-12(11)16/h3-8H,17H2,1-2H3. The zero-order valence-electron chi connectivity index (χ0n) is 10.7. The summed E-state index contributed by atoms with van der Waals surface area (Å²) in [6.07, 6.45) is 0. The Balaban J connectivity index is 2.68. The molecule has 0 amide bonds. The highest BCUT2D eigenvalue weighted by atomic mass is 35.5. The molecular weight excluding hydrogens is 283 g/mol. The van der Waals surface area contributed by atoms with Crippen molar-refractivity contribution in [2.75, 3.05) is 0 Å². The normalized spacial score (nSPS) is 12.5. The zero-order valence-corrected chi connectivity index (χ0v) is 12.2. The molecule has 2 rings (SSSR count). The minimum atomic E-state index is -0.303. The van der Waals surface area contributed by atoms with Crippen molar-refractivity contribution >= 4 is 23.2 Å². The van der Waals surface area contributed by atoms with E-state index in [0.29, 0.717) is 21.3 Å². The molecular formula is C14H14Cl2N2O. The summed E-state index contributed by atoms with van der Waals surface area (Å²) < 4.78 is 1.54. The van der Waals surface area contributed by atoms with Gasteiger partial charge < -0.3 is 10.3 Å². The highest BCUT2D eigenvalue weighted by Crippen LogP contribution is 2.29. The largest absolute Gasteiger partial charge is 0.324 e. The lowest BCUT2D eigenvalue weighted by Crippen LogP contribution is -2.26. The number of halogens is 2. The number of nitrogens with two attached hydrogens (primary N) is 1. The number of hydrogen-bond donors (Lipinski definition) is 1. The van der Waals surface area contributed by atoms with Crippen molar-refractivity contribution in [3.05, 3.63) is 56.3 Å². The Morgan fingerprint density at radius 2 is 1.89 bits per heavy atom. The molecule has 0 aliphatic rings. The first-order chi connectivity index (χ1) is 8.91. The predicted molar refractivity (Wildman–Crippen MR) is 79.7 cm³/mol. The van der Waals surface area contributed by atoms with Crippen LogP contribution in [0.3, 0.4) is 0 Å². The summed E-state index contributed by atoms with van der Waals surface area (Å²) in [4.78, 5) is 12.2. The van der Waals surface area contributed by atoms with Gasteiger partial charge in [0.05, 0.1) is 5.69 Å². The van der Waals surface area contributed by atoms with Gasteiger partial charge in [0.15, 0.2) is 0 Å². The number of hydrogen-bond acceptors (Lipinski definition) is 2. The van der Waals surface area contributed by atoms with Gasteiger partial charge in [0.25, 0.3) is 5.56 Å². The maximum atomic E-state index is 12.2. The molecule has 0 aliphatic carbocycles. The van der Waals surface area contributed by atoms with Crippen molar-refractivity contribution in [1.82, 2.24) is 4.57 Å². The molecule has 1 aromatic heterocycles. The number of pyridine rings is 1. The van der Waals surface area contributed by atoms with Gasteiger partial charge in [-0.05, 0) is 37.3 Å². The summed E-state index contributed by atoms with van der Waals surface area (Å²) in [6.45, 7) is 1.78. The first-order valence-corrected chi connectivity index (χ1v) is 6.58. The summed E-state index contributed by atoms with van der Waals surface area (Å²) >= 11 is 12.1. The molecule has 2 N–H and O–H groups in total. The lowest BCUT2D eigenvalue weighted by molar-refractivity contribution is 0.760. The third-order valence-corrected chi connectivity index (χ3v) is 3.59. The topological polar surface area (TPSA) is 48.0 Å². The third kappa shape index (κ3) is 2.68. The van der Waals surface area contributed by atoms with Crippen molar-refractivity contribution < 1.29 is 0 Å². The first kappa shape index (κ1) is 14.1. The van der Waals surface area contributed by atoms with E-state index in [4.69, 9.17) is 28.9 Å². The van der Waals surface area contributed by atoms with Crippen LogP contribution in [0.4, 0.5) is 0 Å². The highest BCUT2D eigenvalue weighted by Gasteiger charge is 2.12. The van der Waals surface area contributed by atoms with Crippen LogP contribution in [0.15, 0.2) is 35.1 Å². The Hall–Kier alpha value is -1.29. The van der Waals surface area contributed by atoms with Crippen LogP contribution in [0.5, 0.6) is 0 Å². The predicted octanol–water partition coefficient (Wildman–Crippen LogP) is 3.38. The van der Waals surface area contributed by atoms with Gasteiger partial charge in [-0.1, -0.05) is 23.2 Å². The Kier molecular flexibility index (Phi) is 3.99. The molecule has 5 heteroatoms. The van der Waals surface area contributed by atoms with E-state index in [9.17, 15) is 4.79 Å². The fourth-order valence-electron chi connectivity index (χ4n) is 1.97. The Morgan fingerprint density at radius 3 is 2.53 bits per heavy atom. The lowest BCUT2D eigenvalue weighted by Gasteiger charge is -2.13. The summed E-state index contributed by atoms with van der Waals surface area (Å²) in [6, 6.07) is 8.43. The first-order valence-electron chi connectivity index (χ1n) is 5.82. The van der Waals surface area contributed by atoms with Crippen LogP contribution in [0, 0.1) is 0 Å². The fourth-order valence-corrected chi connectivity index (χ4v) is 2.35. The van der Waals surface area contributed by atoms with Gasteiger partial charge in [0.1, 0.15) is 0 Å². The van der Waals surface area contributed by atoms with Gasteiger partial charge in [0, 0.05) is 34.3 Å². The van der Waals surface area contributed by atoms with Gasteiger partial charge in [0.2, 0.25) is 0 Å². The molecule has 0 radical (unpaired) electrons. The Bertz CT molecular complexity index is 678. The van der Waals surface area contributed by atoms with Crippen molar-refractivity contribution in [2.45, 2.75) is 13.0 Å². The Morgan fingerprint density at radius 1 is 1.21 bits per heavy atom. The van der Waals surface area contributed by atoms with Crippen LogP contribution in [-0.4, -0.2) is 4.57 Å². The molecule has 0 saturated heterocycles. The van der Waals surface area contributed by atoms with Gasteiger partial charge in [-0.15, -0.1) is 0 Å². The van der Waals surface area contributed by atoms with E-state index in [1.165, 1.54) is 4.57 Å². The fraction of sp³-hybridized carbons (Fsp3) is 0.214. The van der Waals surface area contributed by atoms with Crippen molar-refractivity contribution in [3.63, 3.8) is 0 Å². The quantitative estimate of drug-likeness (QED) is 0.923. The lowest BCUT2D eigenvalue weighted by atomic mass is 10.1. The maximum Gasteiger partial charge on any atom is 0.255 e. The molecule has 1 heterocycles. The van der Waals surface area contributed by atoms with Gasteiger partial charge >= 0.3 is 0 Å². The van der Waals surface area contributed by atoms with E-state index in [-0.39, 0.29) is 11.6 Å². The second-order valence-corrected chi connectivity index (χ2v) is 5.29. The molecule has 0 fully saturated rings. The smallest absolute Gasteiger partial charge is 0.255 e. The molecule has 1 aromatic carbocycles. The van der Waals surface area contributed by atoms with E-state index in [0.717, 1.165) is 5.56 Å².